The van der Waals surface area contributed by atoms with Crippen LogP contribution in [0.3, 0.4) is 0 Å². The zero-order chi connectivity index (χ0) is 15.6. The Morgan fingerprint density at radius 3 is 2.52 bits per heavy atom. The van der Waals surface area contributed by atoms with Gasteiger partial charge in [0.05, 0.1) is 16.1 Å². The Hall–Kier alpha value is -1.06. The zero-order valence-corrected chi connectivity index (χ0v) is 14.2. The van der Waals surface area contributed by atoms with Crippen LogP contribution in [0.15, 0.2) is 18.2 Å². The van der Waals surface area contributed by atoms with Crippen molar-refractivity contribution in [3.63, 3.8) is 0 Å². The second-order valence-electron chi connectivity index (χ2n) is 6.53. The highest BCUT2D eigenvalue weighted by Gasteiger charge is 2.19. The lowest BCUT2D eigenvalue weighted by Crippen LogP contribution is -2.21. The molecule has 1 heterocycles. The van der Waals surface area contributed by atoms with Crippen molar-refractivity contribution >= 4 is 22.6 Å². The average molecular weight is 308 g/mol. The van der Waals surface area contributed by atoms with Gasteiger partial charge in [0.1, 0.15) is 5.82 Å². The van der Waals surface area contributed by atoms with Crippen molar-refractivity contribution in [3.05, 3.63) is 29.0 Å². The third-order valence-corrected chi connectivity index (χ3v) is 4.16. The first kappa shape index (κ1) is 16.3. The van der Waals surface area contributed by atoms with E-state index < -0.39 is 0 Å². The Kier molecular flexibility index (Phi) is 5.28. The Balaban J connectivity index is 2.43. The average Bonchev–Trinajstić information content (AvgIpc) is 2.77. The van der Waals surface area contributed by atoms with E-state index in [2.05, 4.69) is 32.3 Å². The van der Waals surface area contributed by atoms with Crippen LogP contribution in [0.5, 0.6) is 0 Å². The van der Waals surface area contributed by atoms with E-state index in [9.17, 15) is 0 Å². The van der Waals surface area contributed by atoms with Crippen molar-refractivity contribution in [2.75, 3.05) is 6.54 Å². The first-order valence-corrected chi connectivity index (χ1v) is 8.17. The van der Waals surface area contributed by atoms with Crippen molar-refractivity contribution in [3.8, 4) is 0 Å². The van der Waals surface area contributed by atoms with Crippen molar-refractivity contribution in [2.45, 2.75) is 46.6 Å². The van der Waals surface area contributed by atoms with Gasteiger partial charge < -0.3 is 10.3 Å². The van der Waals surface area contributed by atoms with Crippen LogP contribution < -0.4 is 5.73 Å². The van der Waals surface area contributed by atoms with Gasteiger partial charge in [-0.2, -0.15) is 0 Å². The molecular weight excluding hydrogens is 282 g/mol. The minimum atomic E-state index is 0.336. The molecule has 0 amide bonds. The molecule has 3 nitrogen and oxygen atoms in total. The second kappa shape index (κ2) is 6.80. The van der Waals surface area contributed by atoms with E-state index in [0.717, 1.165) is 34.7 Å². The molecule has 2 N–H and O–H groups in total. The van der Waals surface area contributed by atoms with Gasteiger partial charge in [0.2, 0.25) is 0 Å². The summed E-state index contributed by atoms with van der Waals surface area (Å²) in [6.45, 7) is 9.53. The van der Waals surface area contributed by atoms with Gasteiger partial charge >= 0.3 is 0 Å². The SMILES string of the molecule is CC(C)CC(CN)Cc1nc2cccc(Cl)c2n1C(C)C. The monoisotopic (exact) mass is 307 g/mol. The van der Waals surface area contributed by atoms with Crippen LogP contribution in [-0.2, 0) is 6.42 Å². The molecule has 1 atom stereocenters. The summed E-state index contributed by atoms with van der Waals surface area (Å²) >= 11 is 6.39. The lowest BCUT2D eigenvalue weighted by atomic mass is 9.94. The van der Waals surface area contributed by atoms with Crippen LogP contribution in [0, 0.1) is 11.8 Å². The third kappa shape index (κ3) is 3.58. The fourth-order valence-corrected chi connectivity index (χ4v) is 3.30. The van der Waals surface area contributed by atoms with Crippen molar-refractivity contribution in [1.82, 2.24) is 9.55 Å². The maximum atomic E-state index is 6.39. The molecule has 0 aliphatic rings. The summed E-state index contributed by atoms with van der Waals surface area (Å²) in [4.78, 5) is 4.81. The fraction of sp³-hybridized carbons (Fsp3) is 0.588. The Bertz CT molecular complexity index is 601. The maximum absolute atomic E-state index is 6.39. The van der Waals surface area contributed by atoms with Gasteiger partial charge in [-0.3, -0.25) is 0 Å². The van der Waals surface area contributed by atoms with Crippen LogP contribution in [0.2, 0.25) is 5.02 Å². The van der Waals surface area contributed by atoms with Crippen LogP contribution in [0.1, 0.15) is 46.0 Å². The molecule has 0 fully saturated rings. The normalized spacial score (nSPS) is 13.5. The molecule has 0 aliphatic heterocycles. The lowest BCUT2D eigenvalue weighted by Gasteiger charge is -2.19. The molecule has 21 heavy (non-hydrogen) atoms. The summed E-state index contributed by atoms with van der Waals surface area (Å²) in [5, 5.41) is 0.771. The summed E-state index contributed by atoms with van der Waals surface area (Å²) in [6, 6.07) is 6.26. The number of benzene rings is 1. The molecule has 1 unspecified atom stereocenters. The van der Waals surface area contributed by atoms with E-state index in [1.54, 1.807) is 0 Å². The predicted octanol–water partition coefficient (Wildman–Crippen LogP) is 4.43. The number of hydrogen-bond donors (Lipinski definition) is 1. The number of nitrogens with zero attached hydrogens (tertiary/aromatic N) is 2. The summed E-state index contributed by atoms with van der Waals surface area (Å²) in [5.74, 6) is 2.22. The van der Waals surface area contributed by atoms with E-state index in [0.29, 0.717) is 24.4 Å². The summed E-state index contributed by atoms with van der Waals surface area (Å²) in [7, 11) is 0. The third-order valence-electron chi connectivity index (χ3n) is 3.86. The quantitative estimate of drug-likeness (QED) is 0.857. The fourth-order valence-electron chi connectivity index (χ4n) is 3.04. The van der Waals surface area contributed by atoms with Gasteiger partial charge in [0, 0.05) is 12.5 Å². The highest BCUT2D eigenvalue weighted by atomic mass is 35.5. The van der Waals surface area contributed by atoms with E-state index in [1.807, 2.05) is 18.2 Å². The predicted molar refractivity (Wildman–Crippen MR) is 90.8 cm³/mol. The minimum absolute atomic E-state index is 0.336. The van der Waals surface area contributed by atoms with E-state index in [4.69, 9.17) is 22.3 Å². The number of nitrogens with two attached hydrogens (primary N) is 1. The van der Waals surface area contributed by atoms with Gasteiger partial charge in [0.15, 0.2) is 0 Å². The molecule has 116 valence electrons. The van der Waals surface area contributed by atoms with Gasteiger partial charge in [-0.25, -0.2) is 4.98 Å². The summed E-state index contributed by atoms with van der Waals surface area (Å²) in [6.07, 6.45) is 2.05. The molecule has 4 heteroatoms. The molecule has 0 saturated heterocycles. The smallest absolute Gasteiger partial charge is 0.110 e. The van der Waals surface area contributed by atoms with Gasteiger partial charge in [0.25, 0.3) is 0 Å². The first-order chi connectivity index (χ1) is 9.93. The highest BCUT2D eigenvalue weighted by molar-refractivity contribution is 6.35. The van der Waals surface area contributed by atoms with Gasteiger partial charge in [-0.05, 0) is 50.8 Å². The van der Waals surface area contributed by atoms with Gasteiger partial charge in [-0.15, -0.1) is 0 Å². The summed E-state index contributed by atoms with van der Waals surface area (Å²) < 4.78 is 2.26. The number of imidazole rings is 1. The van der Waals surface area contributed by atoms with Crippen molar-refractivity contribution in [2.24, 2.45) is 17.6 Å². The van der Waals surface area contributed by atoms with Crippen LogP contribution in [0.25, 0.3) is 11.0 Å². The maximum Gasteiger partial charge on any atom is 0.110 e. The zero-order valence-electron chi connectivity index (χ0n) is 13.4. The Morgan fingerprint density at radius 1 is 1.24 bits per heavy atom. The van der Waals surface area contributed by atoms with E-state index in [-0.39, 0.29) is 0 Å². The van der Waals surface area contributed by atoms with Crippen LogP contribution in [-0.4, -0.2) is 16.1 Å². The minimum Gasteiger partial charge on any atom is -0.330 e. The molecular formula is C17H26ClN3. The number of rotatable bonds is 6. The summed E-state index contributed by atoms with van der Waals surface area (Å²) in [5.41, 5.74) is 7.98. The number of halogens is 1. The number of fused-ring (bicyclic) bond motifs is 1. The van der Waals surface area contributed by atoms with Crippen LogP contribution >= 0.6 is 11.6 Å². The molecule has 0 saturated carbocycles. The molecule has 1 aromatic carbocycles. The van der Waals surface area contributed by atoms with E-state index >= 15 is 0 Å². The van der Waals surface area contributed by atoms with E-state index in [1.165, 1.54) is 0 Å². The van der Waals surface area contributed by atoms with Crippen LogP contribution in [0.4, 0.5) is 0 Å². The first-order valence-electron chi connectivity index (χ1n) is 7.79. The highest BCUT2D eigenvalue weighted by Crippen LogP contribution is 2.29. The molecule has 0 radical (unpaired) electrons. The topological polar surface area (TPSA) is 43.8 Å². The molecule has 0 spiro atoms. The second-order valence-corrected chi connectivity index (χ2v) is 6.94. The standard InChI is InChI=1S/C17H26ClN3/c1-11(2)8-13(10-19)9-16-20-15-7-5-6-14(18)17(15)21(16)12(3)4/h5-7,11-13H,8-10,19H2,1-4H3. The number of para-hydroxylation sites is 1. The molecule has 1 aromatic heterocycles. The molecule has 2 aromatic rings. The van der Waals surface area contributed by atoms with Gasteiger partial charge in [-0.1, -0.05) is 31.5 Å². The molecule has 0 aliphatic carbocycles. The van der Waals surface area contributed by atoms with Crippen molar-refractivity contribution in [1.29, 1.82) is 0 Å². The number of aromatic nitrogens is 2. The largest absolute Gasteiger partial charge is 0.330 e. The molecule has 0 bridgehead atoms. The van der Waals surface area contributed by atoms with Crippen molar-refractivity contribution < 1.29 is 0 Å². The lowest BCUT2D eigenvalue weighted by molar-refractivity contribution is 0.400. The Labute approximate surface area is 132 Å². The number of hydrogen-bond acceptors (Lipinski definition) is 2. The molecule has 2 rings (SSSR count). The Morgan fingerprint density at radius 2 is 1.95 bits per heavy atom.